The van der Waals surface area contributed by atoms with Gasteiger partial charge >= 0.3 is 6.09 Å². The summed E-state index contributed by atoms with van der Waals surface area (Å²) in [6.07, 6.45) is 0.212. The van der Waals surface area contributed by atoms with Crippen molar-refractivity contribution in [2.24, 2.45) is 0 Å². The van der Waals surface area contributed by atoms with Crippen LogP contribution in [0.4, 0.5) is 4.79 Å². The Morgan fingerprint density at radius 1 is 1.08 bits per heavy atom. The van der Waals surface area contributed by atoms with Crippen molar-refractivity contribution in [1.82, 2.24) is 4.31 Å². The summed E-state index contributed by atoms with van der Waals surface area (Å²) in [5.74, 6) is 0.0323. The molecular weight excluding hydrogens is 346 g/mol. The number of aliphatic hydroxyl groups is 1. The molecule has 0 fully saturated rings. The second kappa shape index (κ2) is 9.64. The Hall–Kier alpha value is -1.98. The van der Waals surface area contributed by atoms with Crippen LogP contribution >= 0.6 is 11.9 Å². The lowest BCUT2D eigenvalue weighted by Gasteiger charge is -2.29. The number of benzene rings is 2. The Kier molecular flexibility index (Phi) is 7.54. The molecule has 5 heteroatoms. The van der Waals surface area contributed by atoms with Crippen LogP contribution in [0.25, 0.3) is 0 Å². The van der Waals surface area contributed by atoms with Crippen LogP contribution in [0.3, 0.4) is 0 Å². The highest BCUT2D eigenvalue weighted by atomic mass is 32.2. The van der Waals surface area contributed by atoms with Gasteiger partial charge in [0, 0.05) is 24.0 Å². The number of aliphatic hydroxyl groups excluding tert-OH is 1. The summed E-state index contributed by atoms with van der Waals surface area (Å²) >= 11 is 1.36. The van der Waals surface area contributed by atoms with E-state index >= 15 is 0 Å². The van der Waals surface area contributed by atoms with E-state index in [-0.39, 0.29) is 18.6 Å². The number of amides is 1. The molecule has 0 aliphatic rings. The number of nitrogens with zero attached hydrogens (tertiary/aromatic N) is 1. The fourth-order valence-electron chi connectivity index (χ4n) is 2.52. The van der Waals surface area contributed by atoms with Crippen LogP contribution in [0.15, 0.2) is 65.6 Å². The summed E-state index contributed by atoms with van der Waals surface area (Å²) in [4.78, 5) is 13.7. The van der Waals surface area contributed by atoms with E-state index in [0.29, 0.717) is 13.0 Å². The quantitative estimate of drug-likeness (QED) is 0.686. The van der Waals surface area contributed by atoms with Crippen molar-refractivity contribution in [2.45, 2.75) is 43.6 Å². The van der Waals surface area contributed by atoms with Gasteiger partial charge in [-0.3, -0.25) is 0 Å². The minimum Gasteiger partial charge on any atom is -0.443 e. The number of hydrogen-bond acceptors (Lipinski definition) is 4. The lowest BCUT2D eigenvalue weighted by molar-refractivity contribution is 0.0395. The van der Waals surface area contributed by atoms with E-state index in [2.05, 4.69) is 0 Å². The summed E-state index contributed by atoms with van der Waals surface area (Å²) in [5.41, 5.74) is 0.537. The average Bonchev–Trinajstić information content (AvgIpc) is 2.61. The Balaban J connectivity index is 2.21. The molecule has 0 aliphatic heterocycles. The first-order chi connectivity index (χ1) is 12.4. The summed E-state index contributed by atoms with van der Waals surface area (Å²) in [7, 11) is 0. The maximum absolute atomic E-state index is 12.8. The normalized spacial score (nSPS) is 12.5. The van der Waals surface area contributed by atoms with Crippen molar-refractivity contribution in [2.75, 3.05) is 13.2 Å². The molecular formula is C21H27NO3S. The molecule has 0 heterocycles. The lowest BCUT2D eigenvalue weighted by atomic mass is 9.96. The number of carbonyl (C=O) groups is 1. The van der Waals surface area contributed by atoms with Crippen LogP contribution in [0.5, 0.6) is 0 Å². The van der Waals surface area contributed by atoms with E-state index in [1.54, 1.807) is 4.31 Å². The average molecular weight is 374 g/mol. The SMILES string of the molecule is CC(C)(C)OC(=O)N(CC(CCO)c1ccccc1)Sc1ccccc1. The third-order valence-electron chi connectivity index (χ3n) is 3.69. The van der Waals surface area contributed by atoms with Gasteiger partial charge in [-0.05, 0) is 56.8 Å². The van der Waals surface area contributed by atoms with Crippen LogP contribution in [-0.4, -0.2) is 34.3 Å². The zero-order valence-corrected chi connectivity index (χ0v) is 16.4. The van der Waals surface area contributed by atoms with Crippen molar-refractivity contribution >= 4 is 18.0 Å². The van der Waals surface area contributed by atoms with Crippen LogP contribution in [0, 0.1) is 0 Å². The lowest BCUT2D eigenvalue weighted by Crippen LogP contribution is -2.35. The fourth-order valence-corrected chi connectivity index (χ4v) is 3.41. The zero-order chi connectivity index (χ0) is 19.0. The molecule has 0 aromatic heterocycles. The number of ether oxygens (including phenoxy) is 1. The first kappa shape index (κ1) is 20.3. The van der Waals surface area contributed by atoms with Gasteiger partial charge in [-0.25, -0.2) is 9.10 Å². The molecule has 1 unspecified atom stereocenters. The summed E-state index contributed by atoms with van der Waals surface area (Å²) in [5, 5.41) is 9.48. The maximum atomic E-state index is 12.8. The van der Waals surface area contributed by atoms with E-state index in [0.717, 1.165) is 10.5 Å². The van der Waals surface area contributed by atoms with Gasteiger partial charge in [-0.15, -0.1) is 0 Å². The molecule has 0 saturated heterocycles. The molecule has 2 aromatic rings. The van der Waals surface area contributed by atoms with Crippen LogP contribution in [0.1, 0.15) is 38.7 Å². The fraction of sp³-hybridized carbons (Fsp3) is 0.381. The van der Waals surface area contributed by atoms with Crippen molar-refractivity contribution < 1.29 is 14.6 Å². The standard InChI is InChI=1S/C21H27NO3S/c1-21(2,3)25-20(24)22(26-19-12-8-5-9-13-19)16-18(14-15-23)17-10-6-4-7-11-17/h4-13,18,23H,14-16H2,1-3H3. The molecule has 0 bridgehead atoms. The summed E-state index contributed by atoms with van der Waals surface area (Å²) < 4.78 is 7.24. The van der Waals surface area contributed by atoms with Gasteiger partial charge in [0.25, 0.3) is 0 Å². The highest BCUT2D eigenvalue weighted by Gasteiger charge is 2.26. The first-order valence-electron chi connectivity index (χ1n) is 8.78. The Labute approximate surface area is 160 Å². The minimum atomic E-state index is -0.564. The predicted octanol–water partition coefficient (Wildman–Crippen LogP) is 5.10. The summed E-state index contributed by atoms with van der Waals surface area (Å²) in [6, 6.07) is 19.7. The topological polar surface area (TPSA) is 49.8 Å². The molecule has 26 heavy (non-hydrogen) atoms. The molecule has 1 atom stereocenters. The third kappa shape index (κ3) is 6.73. The van der Waals surface area contributed by atoms with Crippen molar-refractivity contribution in [3.63, 3.8) is 0 Å². The van der Waals surface area contributed by atoms with Gasteiger partial charge in [0.05, 0.1) is 0 Å². The first-order valence-corrected chi connectivity index (χ1v) is 9.56. The second-order valence-corrected chi connectivity index (χ2v) is 8.16. The Bertz CT molecular complexity index is 671. The molecule has 0 aliphatic carbocycles. The van der Waals surface area contributed by atoms with Crippen molar-refractivity contribution in [1.29, 1.82) is 0 Å². The van der Waals surface area contributed by atoms with Crippen molar-refractivity contribution in [3.05, 3.63) is 66.2 Å². The Morgan fingerprint density at radius 3 is 2.19 bits per heavy atom. The molecule has 1 N–H and O–H groups in total. The largest absolute Gasteiger partial charge is 0.443 e. The minimum absolute atomic E-state index is 0.0323. The summed E-state index contributed by atoms with van der Waals surface area (Å²) in [6.45, 7) is 6.10. The molecule has 0 saturated carbocycles. The van der Waals surface area contributed by atoms with E-state index in [4.69, 9.17) is 4.74 Å². The van der Waals surface area contributed by atoms with Gasteiger partial charge in [0.1, 0.15) is 5.60 Å². The smallest absolute Gasteiger partial charge is 0.420 e. The molecule has 2 rings (SSSR count). The zero-order valence-electron chi connectivity index (χ0n) is 15.6. The highest BCUT2D eigenvalue weighted by Crippen LogP contribution is 2.29. The van der Waals surface area contributed by atoms with Gasteiger partial charge < -0.3 is 9.84 Å². The van der Waals surface area contributed by atoms with Crippen LogP contribution < -0.4 is 0 Å². The van der Waals surface area contributed by atoms with E-state index in [1.807, 2.05) is 81.4 Å². The molecule has 1 amide bonds. The maximum Gasteiger partial charge on any atom is 0.420 e. The number of hydrogen-bond donors (Lipinski definition) is 1. The highest BCUT2D eigenvalue weighted by molar-refractivity contribution is 7.97. The van der Waals surface area contributed by atoms with Crippen LogP contribution in [0.2, 0.25) is 0 Å². The van der Waals surface area contributed by atoms with E-state index in [1.165, 1.54) is 11.9 Å². The number of rotatable bonds is 7. The molecule has 140 valence electrons. The van der Waals surface area contributed by atoms with Gasteiger partial charge in [0.15, 0.2) is 0 Å². The van der Waals surface area contributed by atoms with Gasteiger partial charge in [-0.2, -0.15) is 0 Å². The van der Waals surface area contributed by atoms with Gasteiger partial charge in [0.2, 0.25) is 0 Å². The van der Waals surface area contributed by atoms with Crippen LogP contribution in [-0.2, 0) is 4.74 Å². The molecule has 2 aromatic carbocycles. The molecule has 0 spiro atoms. The number of carbonyl (C=O) groups excluding carboxylic acids is 1. The molecule has 0 radical (unpaired) electrons. The third-order valence-corrected chi connectivity index (χ3v) is 4.69. The predicted molar refractivity (Wildman–Crippen MR) is 106 cm³/mol. The van der Waals surface area contributed by atoms with E-state index < -0.39 is 5.60 Å². The molecule has 4 nitrogen and oxygen atoms in total. The monoisotopic (exact) mass is 373 g/mol. The second-order valence-electron chi connectivity index (χ2n) is 7.07. The Morgan fingerprint density at radius 2 is 1.65 bits per heavy atom. The van der Waals surface area contributed by atoms with Gasteiger partial charge in [-0.1, -0.05) is 48.5 Å². The van der Waals surface area contributed by atoms with E-state index in [9.17, 15) is 9.90 Å². The van der Waals surface area contributed by atoms with Crippen molar-refractivity contribution in [3.8, 4) is 0 Å².